The largest absolute Gasteiger partial charge is 0.417 e. The van der Waals surface area contributed by atoms with Gasteiger partial charge in [0.1, 0.15) is 0 Å². The van der Waals surface area contributed by atoms with E-state index in [1.807, 2.05) is 4.90 Å². The fraction of sp³-hybridized carbons (Fsp3) is 0.533. The molecule has 3 rings (SSSR count). The van der Waals surface area contributed by atoms with E-state index in [0.29, 0.717) is 18.8 Å². The fourth-order valence-corrected chi connectivity index (χ4v) is 3.05. The summed E-state index contributed by atoms with van der Waals surface area (Å²) in [4.78, 5) is 4.37. The maximum atomic E-state index is 12.8. The van der Waals surface area contributed by atoms with E-state index in [0.717, 1.165) is 32.3 Å². The molecule has 0 saturated carbocycles. The van der Waals surface area contributed by atoms with Gasteiger partial charge in [0, 0.05) is 31.9 Å². The average Bonchev–Trinajstić information content (AvgIpc) is 2.53. The van der Waals surface area contributed by atoms with Gasteiger partial charge in [0.15, 0.2) is 0 Å². The van der Waals surface area contributed by atoms with E-state index in [9.17, 15) is 13.2 Å². The molecule has 0 unspecified atom stereocenters. The molecular formula is C15H16F3N3O. The second kappa shape index (κ2) is 5.78. The summed E-state index contributed by atoms with van der Waals surface area (Å²) in [7, 11) is 0. The number of hydrogen-bond acceptors (Lipinski definition) is 4. The van der Waals surface area contributed by atoms with Gasteiger partial charge < -0.3 is 9.64 Å². The van der Waals surface area contributed by atoms with Crippen molar-refractivity contribution in [1.82, 2.24) is 4.90 Å². The van der Waals surface area contributed by atoms with Crippen molar-refractivity contribution in [2.24, 2.45) is 0 Å². The third-order valence-corrected chi connectivity index (χ3v) is 4.23. The van der Waals surface area contributed by atoms with Crippen molar-refractivity contribution in [1.29, 1.82) is 5.26 Å². The van der Waals surface area contributed by atoms with Gasteiger partial charge in [0.2, 0.25) is 0 Å². The third-order valence-electron chi connectivity index (χ3n) is 4.23. The van der Waals surface area contributed by atoms with Crippen LogP contribution in [0.25, 0.3) is 0 Å². The highest BCUT2D eigenvalue weighted by Crippen LogP contribution is 2.34. The number of fused-ring (bicyclic) bond motifs is 1. The standard InChI is InChI=1S/C15H16F3N3O/c16-15(17,18)14-2-1-12(7-11(14)8-19)21-4-3-20-5-6-22-10-13(20)9-21/h1-2,7,13H,3-6,9-10H2/t13-/m1/s1. The Balaban J connectivity index is 1.82. The van der Waals surface area contributed by atoms with Gasteiger partial charge >= 0.3 is 6.18 Å². The minimum atomic E-state index is -4.50. The first-order valence-corrected chi connectivity index (χ1v) is 7.17. The molecule has 2 aliphatic rings. The molecule has 0 spiro atoms. The summed E-state index contributed by atoms with van der Waals surface area (Å²) in [5.41, 5.74) is -0.541. The lowest BCUT2D eigenvalue weighted by Gasteiger charge is -2.44. The molecule has 0 amide bonds. The van der Waals surface area contributed by atoms with Crippen LogP contribution in [0, 0.1) is 11.3 Å². The average molecular weight is 311 g/mol. The molecule has 4 nitrogen and oxygen atoms in total. The Morgan fingerprint density at radius 1 is 1.23 bits per heavy atom. The van der Waals surface area contributed by atoms with Crippen molar-refractivity contribution < 1.29 is 17.9 Å². The molecule has 1 aromatic carbocycles. The minimum absolute atomic E-state index is 0.260. The van der Waals surface area contributed by atoms with Gasteiger partial charge in [0.25, 0.3) is 0 Å². The quantitative estimate of drug-likeness (QED) is 0.796. The maximum absolute atomic E-state index is 12.8. The highest BCUT2D eigenvalue weighted by molar-refractivity contribution is 5.55. The van der Waals surface area contributed by atoms with Crippen LogP contribution in [0.5, 0.6) is 0 Å². The molecule has 2 fully saturated rings. The van der Waals surface area contributed by atoms with Crippen molar-refractivity contribution in [3.8, 4) is 6.07 Å². The summed E-state index contributed by atoms with van der Waals surface area (Å²) in [5, 5.41) is 9.00. The van der Waals surface area contributed by atoms with Crippen LogP contribution in [-0.2, 0) is 10.9 Å². The SMILES string of the molecule is N#Cc1cc(N2CCN3CCOC[C@H]3C2)ccc1C(F)(F)F. The van der Waals surface area contributed by atoms with E-state index >= 15 is 0 Å². The smallest absolute Gasteiger partial charge is 0.378 e. The van der Waals surface area contributed by atoms with Crippen LogP contribution in [0.1, 0.15) is 11.1 Å². The molecule has 0 aromatic heterocycles. The maximum Gasteiger partial charge on any atom is 0.417 e. The lowest BCUT2D eigenvalue weighted by Crippen LogP contribution is -2.58. The van der Waals surface area contributed by atoms with Crippen molar-refractivity contribution in [2.75, 3.05) is 44.3 Å². The zero-order valence-corrected chi connectivity index (χ0v) is 11.9. The number of piperazine rings is 1. The molecule has 0 bridgehead atoms. The predicted molar refractivity (Wildman–Crippen MR) is 74.6 cm³/mol. The molecule has 7 heteroatoms. The van der Waals surface area contributed by atoms with E-state index < -0.39 is 11.7 Å². The minimum Gasteiger partial charge on any atom is -0.378 e. The van der Waals surface area contributed by atoms with Crippen LogP contribution in [-0.4, -0.2) is 50.3 Å². The number of nitrogens with zero attached hydrogens (tertiary/aromatic N) is 3. The van der Waals surface area contributed by atoms with E-state index in [4.69, 9.17) is 10.00 Å². The molecule has 2 aliphatic heterocycles. The summed E-state index contributed by atoms with van der Waals surface area (Å²) < 4.78 is 44.0. The van der Waals surface area contributed by atoms with Gasteiger partial charge in [-0.05, 0) is 18.2 Å². The first kappa shape index (κ1) is 15.1. The Morgan fingerprint density at radius 3 is 2.77 bits per heavy atom. The van der Waals surface area contributed by atoms with Crippen molar-refractivity contribution in [3.05, 3.63) is 29.3 Å². The first-order chi connectivity index (χ1) is 10.5. The molecule has 0 N–H and O–H groups in total. The van der Waals surface area contributed by atoms with Crippen molar-refractivity contribution in [2.45, 2.75) is 12.2 Å². The van der Waals surface area contributed by atoms with E-state index in [1.165, 1.54) is 12.1 Å². The lowest BCUT2D eigenvalue weighted by atomic mass is 10.0. The summed E-state index contributed by atoms with van der Waals surface area (Å²) in [6.07, 6.45) is -4.50. The second-order valence-electron chi connectivity index (χ2n) is 5.55. The Kier molecular flexibility index (Phi) is 3.98. The zero-order chi connectivity index (χ0) is 15.7. The van der Waals surface area contributed by atoms with E-state index in [1.54, 1.807) is 6.07 Å². The lowest BCUT2D eigenvalue weighted by molar-refractivity contribution is -0.137. The molecule has 118 valence electrons. The van der Waals surface area contributed by atoms with E-state index in [2.05, 4.69) is 4.90 Å². The third kappa shape index (κ3) is 2.89. The Bertz CT molecular complexity index is 597. The number of rotatable bonds is 1. The van der Waals surface area contributed by atoms with Gasteiger partial charge in [-0.2, -0.15) is 18.4 Å². The molecule has 1 aromatic rings. The predicted octanol–water partition coefficient (Wildman–Crippen LogP) is 2.10. The molecule has 0 radical (unpaired) electrons. The Hall–Kier alpha value is -1.78. The Labute approximate surface area is 126 Å². The molecular weight excluding hydrogens is 295 g/mol. The van der Waals surface area contributed by atoms with Gasteiger partial charge in [-0.1, -0.05) is 0 Å². The monoisotopic (exact) mass is 311 g/mol. The van der Waals surface area contributed by atoms with Crippen LogP contribution >= 0.6 is 0 Å². The molecule has 22 heavy (non-hydrogen) atoms. The highest BCUT2D eigenvalue weighted by atomic mass is 19.4. The van der Waals surface area contributed by atoms with Crippen molar-refractivity contribution >= 4 is 5.69 Å². The van der Waals surface area contributed by atoms with Crippen LogP contribution < -0.4 is 4.90 Å². The van der Waals surface area contributed by atoms with Crippen LogP contribution in [0.2, 0.25) is 0 Å². The van der Waals surface area contributed by atoms with E-state index in [-0.39, 0.29) is 11.6 Å². The van der Waals surface area contributed by atoms with Crippen LogP contribution in [0.15, 0.2) is 18.2 Å². The number of benzene rings is 1. The normalized spacial score (nSPS) is 23.0. The number of halogens is 3. The zero-order valence-electron chi connectivity index (χ0n) is 11.9. The second-order valence-corrected chi connectivity index (χ2v) is 5.55. The van der Waals surface area contributed by atoms with Gasteiger partial charge in [0.05, 0.1) is 36.5 Å². The highest BCUT2D eigenvalue weighted by Gasteiger charge is 2.34. The molecule has 1 atom stereocenters. The van der Waals surface area contributed by atoms with Gasteiger partial charge in [-0.25, -0.2) is 0 Å². The molecule has 2 saturated heterocycles. The summed E-state index contributed by atoms with van der Waals surface area (Å²) in [6.45, 7) is 4.58. The van der Waals surface area contributed by atoms with Crippen LogP contribution in [0.4, 0.5) is 18.9 Å². The fourth-order valence-electron chi connectivity index (χ4n) is 3.05. The molecule has 2 heterocycles. The first-order valence-electron chi connectivity index (χ1n) is 7.17. The summed E-state index contributed by atoms with van der Waals surface area (Å²) in [6, 6.07) is 5.70. The number of ether oxygens (including phenoxy) is 1. The summed E-state index contributed by atoms with van der Waals surface area (Å²) >= 11 is 0. The number of nitriles is 1. The number of anilines is 1. The van der Waals surface area contributed by atoms with Gasteiger partial charge in [-0.3, -0.25) is 4.90 Å². The number of hydrogen-bond donors (Lipinski definition) is 0. The van der Waals surface area contributed by atoms with Crippen molar-refractivity contribution in [3.63, 3.8) is 0 Å². The van der Waals surface area contributed by atoms with Gasteiger partial charge in [-0.15, -0.1) is 0 Å². The topological polar surface area (TPSA) is 39.5 Å². The molecule has 0 aliphatic carbocycles. The Morgan fingerprint density at radius 2 is 2.05 bits per heavy atom. The number of alkyl halides is 3. The summed E-state index contributed by atoms with van der Waals surface area (Å²) in [5.74, 6) is 0. The van der Waals surface area contributed by atoms with Crippen LogP contribution in [0.3, 0.4) is 0 Å². The number of morpholine rings is 1.